The molecule has 0 saturated heterocycles. The molecule has 0 aliphatic heterocycles. The van der Waals surface area contributed by atoms with E-state index < -0.39 is 8.80 Å². The Labute approximate surface area is 132 Å². The van der Waals surface area contributed by atoms with E-state index in [4.69, 9.17) is 0 Å². The Morgan fingerprint density at radius 3 is 1.95 bits per heavy atom. The van der Waals surface area contributed by atoms with Gasteiger partial charge in [0.1, 0.15) is 0 Å². The lowest BCUT2D eigenvalue weighted by molar-refractivity contribution is 0.635. The molecule has 1 heteroatoms. The van der Waals surface area contributed by atoms with Crippen molar-refractivity contribution in [2.75, 3.05) is 0 Å². The van der Waals surface area contributed by atoms with E-state index in [2.05, 4.69) is 84.0 Å². The van der Waals surface area contributed by atoms with Gasteiger partial charge in [0, 0.05) is 8.80 Å². The second-order valence-corrected chi connectivity index (χ2v) is 13.6. The standard InChI is InChI=1S/C20H30Si/c1-19(2,3)21(20(4,5)6)15-14-17-12-9-11-16-10-7-8-13-18(16)17/h7-13,21H,14-15H2,1-6H3. The monoisotopic (exact) mass is 298 g/mol. The van der Waals surface area contributed by atoms with Crippen LogP contribution in [-0.4, -0.2) is 8.80 Å². The zero-order valence-corrected chi connectivity index (χ0v) is 15.7. The lowest BCUT2D eigenvalue weighted by Gasteiger charge is -2.39. The molecule has 2 aromatic rings. The first-order valence-corrected chi connectivity index (χ1v) is 10.1. The summed E-state index contributed by atoms with van der Waals surface area (Å²) in [5.74, 6) is 0. The molecule has 0 saturated carbocycles. The zero-order valence-electron chi connectivity index (χ0n) is 14.5. The van der Waals surface area contributed by atoms with Crippen LogP contribution in [0.25, 0.3) is 10.8 Å². The number of rotatable bonds is 3. The van der Waals surface area contributed by atoms with Crippen LogP contribution in [0, 0.1) is 0 Å². The maximum absolute atomic E-state index is 2.44. The lowest BCUT2D eigenvalue weighted by atomic mass is 10.0. The first kappa shape index (κ1) is 16.3. The van der Waals surface area contributed by atoms with Gasteiger partial charge in [-0.3, -0.25) is 0 Å². The molecule has 0 amide bonds. The predicted molar refractivity (Wildman–Crippen MR) is 99.0 cm³/mol. The minimum absolute atomic E-state index is 0.489. The molecule has 0 heterocycles. The minimum atomic E-state index is -0.860. The molecule has 21 heavy (non-hydrogen) atoms. The molecule has 114 valence electrons. The molecule has 0 N–H and O–H groups in total. The Balaban J connectivity index is 2.24. The molecular formula is C20H30Si. The van der Waals surface area contributed by atoms with Gasteiger partial charge in [0.15, 0.2) is 0 Å². The summed E-state index contributed by atoms with van der Waals surface area (Å²) in [6, 6.07) is 16.9. The second kappa shape index (κ2) is 5.96. The van der Waals surface area contributed by atoms with Crippen molar-refractivity contribution < 1.29 is 0 Å². The first-order valence-electron chi connectivity index (χ1n) is 8.16. The molecule has 0 aliphatic carbocycles. The Kier molecular flexibility index (Phi) is 4.62. The SMILES string of the molecule is CC(C)(C)[SiH](CCc1cccc2ccccc12)C(C)(C)C. The summed E-state index contributed by atoms with van der Waals surface area (Å²) in [6.45, 7) is 14.7. The van der Waals surface area contributed by atoms with Crippen LogP contribution in [0.3, 0.4) is 0 Å². The van der Waals surface area contributed by atoms with Gasteiger partial charge in [-0.15, -0.1) is 0 Å². The fraction of sp³-hybridized carbons (Fsp3) is 0.500. The molecule has 2 aromatic carbocycles. The van der Waals surface area contributed by atoms with Crippen molar-refractivity contribution in [2.24, 2.45) is 0 Å². The maximum Gasteiger partial charge on any atom is 0.0480 e. The topological polar surface area (TPSA) is 0 Å². The van der Waals surface area contributed by atoms with Crippen molar-refractivity contribution in [1.29, 1.82) is 0 Å². The molecule has 0 unspecified atom stereocenters. The van der Waals surface area contributed by atoms with E-state index in [0.717, 1.165) is 0 Å². The van der Waals surface area contributed by atoms with Crippen molar-refractivity contribution >= 4 is 19.6 Å². The third-order valence-electron chi connectivity index (χ3n) is 4.67. The van der Waals surface area contributed by atoms with E-state index in [-0.39, 0.29) is 0 Å². The highest BCUT2D eigenvalue weighted by Crippen LogP contribution is 2.44. The van der Waals surface area contributed by atoms with Gasteiger partial charge in [0.05, 0.1) is 0 Å². The summed E-state index contributed by atoms with van der Waals surface area (Å²) in [6.07, 6.45) is 1.23. The number of aryl methyl sites for hydroxylation is 1. The van der Waals surface area contributed by atoms with Crippen LogP contribution < -0.4 is 0 Å². The van der Waals surface area contributed by atoms with Crippen LogP contribution in [0.5, 0.6) is 0 Å². The minimum Gasteiger partial charge on any atom is -0.0628 e. The summed E-state index contributed by atoms with van der Waals surface area (Å²) in [7, 11) is -0.860. The first-order chi connectivity index (χ1) is 9.69. The third-order valence-corrected chi connectivity index (χ3v) is 9.72. The van der Waals surface area contributed by atoms with Gasteiger partial charge < -0.3 is 0 Å². The normalized spacial score (nSPS) is 13.1. The molecule has 0 spiro atoms. The van der Waals surface area contributed by atoms with Gasteiger partial charge in [-0.2, -0.15) is 0 Å². The molecule has 0 nitrogen and oxygen atoms in total. The van der Waals surface area contributed by atoms with Crippen LogP contribution in [-0.2, 0) is 6.42 Å². The Bertz CT molecular complexity index is 580. The van der Waals surface area contributed by atoms with Crippen molar-refractivity contribution in [3.8, 4) is 0 Å². The van der Waals surface area contributed by atoms with Crippen LogP contribution in [0.2, 0.25) is 16.1 Å². The van der Waals surface area contributed by atoms with Crippen LogP contribution in [0.15, 0.2) is 42.5 Å². The summed E-state index contributed by atoms with van der Waals surface area (Å²) in [5, 5.41) is 3.79. The molecule has 0 aliphatic rings. The van der Waals surface area contributed by atoms with Crippen LogP contribution in [0.4, 0.5) is 0 Å². The highest BCUT2D eigenvalue weighted by atomic mass is 28.3. The molecule has 0 bridgehead atoms. The number of benzene rings is 2. The quantitative estimate of drug-likeness (QED) is 0.591. The van der Waals surface area contributed by atoms with E-state index in [0.29, 0.717) is 10.1 Å². The lowest BCUT2D eigenvalue weighted by Crippen LogP contribution is -2.35. The molecule has 0 fully saturated rings. The van der Waals surface area contributed by atoms with Gasteiger partial charge in [-0.1, -0.05) is 90.1 Å². The predicted octanol–water partition coefficient (Wildman–Crippen LogP) is 6.21. The Morgan fingerprint density at radius 2 is 1.33 bits per heavy atom. The zero-order chi connectivity index (χ0) is 15.7. The number of fused-ring (bicyclic) bond motifs is 1. The van der Waals surface area contributed by atoms with E-state index in [9.17, 15) is 0 Å². The van der Waals surface area contributed by atoms with Crippen molar-refractivity contribution in [2.45, 2.75) is 64.1 Å². The van der Waals surface area contributed by atoms with Crippen LogP contribution >= 0.6 is 0 Å². The highest BCUT2D eigenvalue weighted by Gasteiger charge is 2.35. The average molecular weight is 299 g/mol. The van der Waals surface area contributed by atoms with E-state index in [1.165, 1.54) is 28.8 Å². The smallest absolute Gasteiger partial charge is 0.0480 e. The summed E-state index contributed by atoms with van der Waals surface area (Å²) >= 11 is 0. The molecule has 0 atom stereocenters. The van der Waals surface area contributed by atoms with Gasteiger partial charge >= 0.3 is 0 Å². The molecule has 0 radical (unpaired) electrons. The Morgan fingerprint density at radius 1 is 0.762 bits per heavy atom. The summed E-state index contributed by atoms with van der Waals surface area (Å²) in [4.78, 5) is 0. The summed E-state index contributed by atoms with van der Waals surface area (Å²) < 4.78 is 0. The van der Waals surface area contributed by atoms with Gasteiger partial charge in [-0.05, 0) is 32.8 Å². The van der Waals surface area contributed by atoms with Crippen LogP contribution in [0.1, 0.15) is 47.1 Å². The largest absolute Gasteiger partial charge is 0.0628 e. The van der Waals surface area contributed by atoms with Crippen molar-refractivity contribution in [1.82, 2.24) is 0 Å². The van der Waals surface area contributed by atoms with Crippen molar-refractivity contribution in [3.63, 3.8) is 0 Å². The Hall–Kier alpha value is -1.08. The molecule has 2 rings (SSSR count). The van der Waals surface area contributed by atoms with Gasteiger partial charge in [-0.25, -0.2) is 0 Å². The summed E-state index contributed by atoms with van der Waals surface area (Å²) in [5.41, 5.74) is 1.53. The van der Waals surface area contributed by atoms with Gasteiger partial charge in [0.2, 0.25) is 0 Å². The van der Waals surface area contributed by atoms with Crippen molar-refractivity contribution in [3.05, 3.63) is 48.0 Å². The van der Waals surface area contributed by atoms with E-state index >= 15 is 0 Å². The fourth-order valence-electron chi connectivity index (χ4n) is 3.98. The van der Waals surface area contributed by atoms with Gasteiger partial charge in [0.25, 0.3) is 0 Å². The fourth-order valence-corrected chi connectivity index (χ4v) is 8.91. The van der Waals surface area contributed by atoms with E-state index in [1.807, 2.05) is 0 Å². The maximum atomic E-state index is 2.44. The van der Waals surface area contributed by atoms with E-state index in [1.54, 1.807) is 0 Å². The molecule has 0 aromatic heterocycles. The number of hydrogen-bond donors (Lipinski definition) is 0. The molecular weight excluding hydrogens is 268 g/mol. The highest BCUT2D eigenvalue weighted by molar-refractivity contribution is 6.65. The average Bonchev–Trinajstić information content (AvgIpc) is 2.36. The second-order valence-electron chi connectivity index (χ2n) is 8.46. The third kappa shape index (κ3) is 3.97. The number of hydrogen-bond acceptors (Lipinski definition) is 0.